The van der Waals surface area contributed by atoms with Crippen LogP contribution in [0.3, 0.4) is 0 Å². The summed E-state index contributed by atoms with van der Waals surface area (Å²) in [6.07, 6.45) is 5.16. The molecule has 0 saturated heterocycles. The highest BCUT2D eigenvalue weighted by molar-refractivity contribution is 7.89. The molecule has 0 bridgehead atoms. The number of carbonyl (C=O) groups excluding carboxylic acids is 1. The first-order valence-electron chi connectivity index (χ1n) is 7.28. The van der Waals surface area contributed by atoms with Crippen molar-refractivity contribution in [3.8, 4) is 0 Å². The Morgan fingerprint density at radius 1 is 1.23 bits per heavy atom. The molecular formula is C16H23NO4S. The lowest BCUT2D eigenvalue weighted by Crippen LogP contribution is -2.28. The molecule has 0 aliphatic rings. The van der Waals surface area contributed by atoms with Gasteiger partial charge in [-0.15, -0.1) is 0 Å². The van der Waals surface area contributed by atoms with Crippen molar-refractivity contribution in [2.45, 2.75) is 44.4 Å². The van der Waals surface area contributed by atoms with Crippen LogP contribution in [-0.2, 0) is 19.6 Å². The quantitative estimate of drug-likeness (QED) is 0.453. The summed E-state index contributed by atoms with van der Waals surface area (Å²) in [4.78, 5) is 11.8. The van der Waals surface area contributed by atoms with E-state index in [1.165, 1.54) is 19.2 Å². The average molecular weight is 325 g/mol. The minimum absolute atomic E-state index is 0.0424. The van der Waals surface area contributed by atoms with E-state index in [1.807, 2.05) is 6.92 Å². The highest BCUT2D eigenvalue weighted by Gasteiger charge is 2.19. The first-order valence-corrected chi connectivity index (χ1v) is 8.77. The number of esters is 1. The van der Waals surface area contributed by atoms with Crippen molar-refractivity contribution < 1.29 is 17.9 Å². The number of rotatable bonds is 8. The predicted octanol–water partition coefficient (Wildman–Crippen LogP) is 2.91. The van der Waals surface area contributed by atoms with Crippen LogP contribution >= 0.6 is 0 Å². The summed E-state index contributed by atoms with van der Waals surface area (Å²) in [6.45, 7) is 3.95. The second-order valence-corrected chi connectivity index (χ2v) is 6.71. The van der Waals surface area contributed by atoms with Crippen LogP contribution in [0, 0.1) is 6.92 Å². The maximum Gasteiger partial charge on any atom is 0.354 e. The Balaban J connectivity index is 2.92. The molecular weight excluding hydrogens is 302 g/mol. The molecule has 1 aromatic carbocycles. The van der Waals surface area contributed by atoms with Gasteiger partial charge in [0.1, 0.15) is 5.70 Å². The molecule has 0 spiro atoms. The molecule has 0 heterocycles. The molecule has 0 amide bonds. The largest absolute Gasteiger partial charge is 0.464 e. The van der Waals surface area contributed by atoms with Gasteiger partial charge in [-0.2, -0.15) is 0 Å². The minimum atomic E-state index is -3.79. The van der Waals surface area contributed by atoms with Crippen molar-refractivity contribution in [2.75, 3.05) is 7.11 Å². The van der Waals surface area contributed by atoms with E-state index in [0.29, 0.717) is 6.42 Å². The van der Waals surface area contributed by atoms with Crippen LogP contribution in [0.4, 0.5) is 0 Å². The molecule has 0 atom stereocenters. The molecule has 0 fully saturated rings. The molecule has 5 nitrogen and oxygen atoms in total. The topological polar surface area (TPSA) is 72.5 Å². The van der Waals surface area contributed by atoms with Crippen LogP contribution < -0.4 is 4.72 Å². The minimum Gasteiger partial charge on any atom is -0.464 e. The van der Waals surface area contributed by atoms with Gasteiger partial charge in [0.05, 0.1) is 12.0 Å². The third kappa shape index (κ3) is 5.52. The zero-order valence-electron chi connectivity index (χ0n) is 13.3. The number of benzene rings is 1. The monoisotopic (exact) mass is 325 g/mol. The molecule has 22 heavy (non-hydrogen) atoms. The van der Waals surface area contributed by atoms with E-state index in [-0.39, 0.29) is 10.6 Å². The number of carbonyl (C=O) groups is 1. The number of hydrogen-bond donors (Lipinski definition) is 1. The number of hydrogen-bond acceptors (Lipinski definition) is 4. The van der Waals surface area contributed by atoms with Gasteiger partial charge in [0.2, 0.25) is 0 Å². The van der Waals surface area contributed by atoms with Gasteiger partial charge in [0.25, 0.3) is 10.0 Å². The smallest absolute Gasteiger partial charge is 0.354 e. The van der Waals surface area contributed by atoms with E-state index in [0.717, 1.165) is 24.8 Å². The van der Waals surface area contributed by atoms with Gasteiger partial charge in [-0.05, 0) is 31.9 Å². The van der Waals surface area contributed by atoms with E-state index >= 15 is 0 Å². The van der Waals surface area contributed by atoms with Crippen LogP contribution in [-0.4, -0.2) is 21.5 Å². The maximum atomic E-state index is 12.3. The fraction of sp³-hybridized carbons (Fsp3) is 0.438. The Morgan fingerprint density at radius 2 is 1.86 bits per heavy atom. The van der Waals surface area contributed by atoms with Crippen molar-refractivity contribution in [3.63, 3.8) is 0 Å². The van der Waals surface area contributed by atoms with Gasteiger partial charge >= 0.3 is 5.97 Å². The molecule has 0 unspecified atom stereocenters. The third-order valence-corrected chi connectivity index (χ3v) is 4.52. The van der Waals surface area contributed by atoms with Crippen molar-refractivity contribution in [1.29, 1.82) is 0 Å². The van der Waals surface area contributed by atoms with Gasteiger partial charge in [-0.1, -0.05) is 43.5 Å². The highest BCUT2D eigenvalue weighted by Crippen LogP contribution is 2.12. The lowest BCUT2D eigenvalue weighted by Gasteiger charge is -2.10. The zero-order chi connectivity index (χ0) is 16.6. The molecule has 1 aromatic rings. The molecule has 1 rings (SSSR count). The predicted molar refractivity (Wildman–Crippen MR) is 85.7 cm³/mol. The van der Waals surface area contributed by atoms with Crippen molar-refractivity contribution in [1.82, 2.24) is 4.72 Å². The Hall–Kier alpha value is -1.82. The van der Waals surface area contributed by atoms with Gasteiger partial charge in [-0.25, -0.2) is 13.2 Å². The molecule has 0 aliphatic heterocycles. The van der Waals surface area contributed by atoms with E-state index in [1.54, 1.807) is 18.2 Å². The number of methoxy groups -OCH3 is 1. The fourth-order valence-corrected chi connectivity index (χ4v) is 2.91. The summed E-state index contributed by atoms with van der Waals surface area (Å²) >= 11 is 0. The van der Waals surface area contributed by atoms with Crippen LogP contribution in [0.2, 0.25) is 0 Å². The number of aryl methyl sites for hydroxylation is 1. The molecule has 122 valence electrons. The van der Waals surface area contributed by atoms with Crippen LogP contribution in [0.1, 0.15) is 38.2 Å². The Kier molecular flexibility index (Phi) is 7.11. The zero-order valence-corrected chi connectivity index (χ0v) is 14.1. The van der Waals surface area contributed by atoms with E-state index < -0.39 is 16.0 Å². The van der Waals surface area contributed by atoms with E-state index in [9.17, 15) is 13.2 Å². The molecule has 0 radical (unpaired) electrons. The second kappa shape index (κ2) is 8.58. The second-order valence-electron chi connectivity index (χ2n) is 5.02. The summed E-state index contributed by atoms with van der Waals surface area (Å²) in [5.41, 5.74) is 0.918. The van der Waals surface area contributed by atoms with Crippen molar-refractivity contribution in [3.05, 3.63) is 41.6 Å². The molecule has 6 heteroatoms. The third-order valence-electron chi connectivity index (χ3n) is 3.14. The summed E-state index contributed by atoms with van der Waals surface area (Å²) in [6, 6.07) is 6.42. The summed E-state index contributed by atoms with van der Waals surface area (Å²) in [5.74, 6) is -0.688. The van der Waals surface area contributed by atoms with Crippen molar-refractivity contribution >= 4 is 16.0 Å². The molecule has 1 N–H and O–H groups in total. The summed E-state index contributed by atoms with van der Waals surface area (Å²) < 4.78 is 31.6. The Labute approximate surface area is 132 Å². The lowest BCUT2D eigenvalue weighted by molar-refractivity contribution is -0.136. The number of ether oxygens (including phenoxy) is 1. The average Bonchev–Trinajstić information content (AvgIpc) is 2.50. The fourth-order valence-electron chi connectivity index (χ4n) is 1.84. The molecule has 0 aliphatic carbocycles. The maximum absolute atomic E-state index is 12.3. The van der Waals surface area contributed by atoms with Crippen LogP contribution in [0.15, 0.2) is 40.9 Å². The normalized spacial score (nSPS) is 12.0. The van der Waals surface area contributed by atoms with Crippen LogP contribution in [0.25, 0.3) is 0 Å². The van der Waals surface area contributed by atoms with Gasteiger partial charge < -0.3 is 4.74 Å². The summed E-state index contributed by atoms with van der Waals surface area (Å²) in [7, 11) is -2.57. The first kappa shape index (κ1) is 18.2. The number of allylic oxidation sites excluding steroid dienone is 1. The number of sulfonamides is 1. The highest BCUT2D eigenvalue weighted by atomic mass is 32.2. The summed E-state index contributed by atoms with van der Waals surface area (Å²) in [5, 5.41) is 0. The van der Waals surface area contributed by atoms with E-state index in [4.69, 9.17) is 0 Å². The lowest BCUT2D eigenvalue weighted by atomic mass is 10.2. The van der Waals surface area contributed by atoms with E-state index in [2.05, 4.69) is 16.4 Å². The van der Waals surface area contributed by atoms with Crippen molar-refractivity contribution in [2.24, 2.45) is 0 Å². The molecule has 0 saturated carbocycles. The Bertz CT molecular complexity index is 618. The SMILES string of the molecule is CCCCCC=C(NS(=O)(=O)c1ccc(C)cc1)C(=O)OC. The van der Waals surface area contributed by atoms with Gasteiger partial charge in [0, 0.05) is 0 Å². The molecule has 0 aromatic heterocycles. The first-order chi connectivity index (χ1) is 10.4. The Morgan fingerprint density at radius 3 is 2.41 bits per heavy atom. The standard InChI is InChI=1S/C16H23NO4S/c1-4-5-6-7-8-15(16(18)21-3)17-22(19,20)14-11-9-13(2)10-12-14/h8-12,17H,4-7H2,1-3H3. The van der Waals surface area contributed by atoms with Gasteiger partial charge in [0.15, 0.2) is 0 Å². The van der Waals surface area contributed by atoms with Crippen LogP contribution in [0.5, 0.6) is 0 Å². The number of unbranched alkanes of at least 4 members (excludes halogenated alkanes) is 3. The number of nitrogens with one attached hydrogen (secondary N) is 1. The van der Waals surface area contributed by atoms with Gasteiger partial charge in [-0.3, -0.25) is 4.72 Å².